The molecule has 0 N–H and O–H groups in total. The lowest BCUT2D eigenvalue weighted by Crippen LogP contribution is -2.09. The van der Waals surface area contributed by atoms with Crippen molar-refractivity contribution in [2.45, 2.75) is 18.5 Å². The van der Waals surface area contributed by atoms with Crippen molar-refractivity contribution in [3.05, 3.63) is 62.6 Å². The SMILES string of the molecule is COc1cc2c(c(Cl)c1Cl)C(=O)C(c1ccc(C(F)(F)F)cc1)C2. The van der Waals surface area contributed by atoms with Crippen molar-refractivity contribution in [3.63, 3.8) is 0 Å². The summed E-state index contributed by atoms with van der Waals surface area (Å²) in [5.41, 5.74) is 0.746. The van der Waals surface area contributed by atoms with E-state index < -0.39 is 17.7 Å². The minimum absolute atomic E-state index is 0.116. The summed E-state index contributed by atoms with van der Waals surface area (Å²) in [5, 5.41) is 0.268. The van der Waals surface area contributed by atoms with Gasteiger partial charge in [0.1, 0.15) is 10.8 Å². The van der Waals surface area contributed by atoms with Crippen LogP contribution in [0.4, 0.5) is 13.2 Å². The van der Waals surface area contributed by atoms with Crippen LogP contribution in [0.3, 0.4) is 0 Å². The number of halogens is 5. The fraction of sp³-hybridized carbons (Fsp3) is 0.235. The Morgan fingerprint density at radius 2 is 1.75 bits per heavy atom. The van der Waals surface area contributed by atoms with Gasteiger partial charge >= 0.3 is 6.18 Å². The molecule has 24 heavy (non-hydrogen) atoms. The molecule has 1 aliphatic rings. The molecule has 0 heterocycles. The third-order valence-corrected chi connectivity index (χ3v) is 4.95. The zero-order valence-corrected chi connectivity index (χ0v) is 13.9. The van der Waals surface area contributed by atoms with Gasteiger partial charge in [0.2, 0.25) is 0 Å². The molecule has 0 amide bonds. The molecule has 1 unspecified atom stereocenters. The molecule has 7 heteroatoms. The van der Waals surface area contributed by atoms with Crippen LogP contribution in [0.2, 0.25) is 10.0 Å². The third kappa shape index (κ3) is 2.76. The van der Waals surface area contributed by atoms with Gasteiger partial charge in [0, 0.05) is 5.56 Å². The number of carbonyl (C=O) groups excluding carboxylic acids is 1. The Morgan fingerprint density at radius 1 is 1.12 bits per heavy atom. The molecule has 2 aromatic carbocycles. The minimum Gasteiger partial charge on any atom is -0.495 e. The molecule has 2 nitrogen and oxygen atoms in total. The smallest absolute Gasteiger partial charge is 0.416 e. The molecule has 0 radical (unpaired) electrons. The Balaban J connectivity index is 1.98. The minimum atomic E-state index is -4.41. The predicted octanol–water partition coefficient (Wildman–Crippen LogP) is 5.54. The first-order valence-corrected chi connectivity index (χ1v) is 7.76. The molecule has 0 fully saturated rings. The summed E-state index contributed by atoms with van der Waals surface area (Å²) in [6.07, 6.45) is -4.07. The Bertz CT molecular complexity index is 814. The van der Waals surface area contributed by atoms with Crippen molar-refractivity contribution in [1.29, 1.82) is 0 Å². The van der Waals surface area contributed by atoms with E-state index in [1.165, 1.54) is 19.2 Å². The first kappa shape index (κ1) is 17.1. The van der Waals surface area contributed by atoms with Crippen LogP contribution in [-0.4, -0.2) is 12.9 Å². The van der Waals surface area contributed by atoms with Crippen LogP contribution in [0.15, 0.2) is 30.3 Å². The van der Waals surface area contributed by atoms with Crippen molar-refractivity contribution >= 4 is 29.0 Å². The number of carbonyl (C=O) groups is 1. The first-order valence-electron chi connectivity index (χ1n) is 7.00. The number of ether oxygens (including phenoxy) is 1. The molecule has 0 aromatic heterocycles. The molecule has 0 saturated carbocycles. The highest BCUT2D eigenvalue weighted by Gasteiger charge is 2.36. The van der Waals surface area contributed by atoms with Gasteiger partial charge in [0.15, 0.2) is 5.78 Å². The lowest BCUT2D eigenvalue weighted by Gasteiger charge is -2.11. The van der Waals surface area contributed by atoms with Gasteiger partial charge in [0.25, 0.3) is 0 Å². The standard InChI is InChI=1S/C17H11Cl2F3O2/c1-24-12-7-9-6-11(16(23)13(9)15(19)14(12)18)8-2-4-10(5-3-8)17(20,21)22/h2-5,7,11H,6H2,1H3. The normalized spacial score (nSPS) is 17.1. The summed E-state index contributed by atoms with van der Waals surface area (Å²) in [6.45, 7) is 0. The first-order chi connectivity index (χ1) is 11.2. The molecular weight excluding hydrogens is 364 g/mol. The number of alkyl halides is 3. The van der Waals surface area contributed by atoms with Crippen molar-refractivity contribution in [1.82, 2.24) is 0 Å². The van der Waals surface area contributed by atoms with E-state index in [0.717, 1.165) is 12.1 Å². The summed E-state index contributed by atoms with van der Waals surface area (Å²) in [6, 6.07) is 6.24. The molecular formula is C17H11Cl2F3O2. The Morgan fingerprint density at radius 3 is 2.29 bits per heavy atom. The number of benzene rings is 2. The Kier molecular flexibility index (Phi) is 4.26. The van der Waals surface area contributed by atoms with Gasteiger partial charge < -0.3 is 4.74 Å². The summed E-state index contributed by atoms with van der Waals surface area (Å²) >= 11 is 12.2. The van der Waals surface area contributed by atoms with E-state index in [4.69, 9.17) is 27.9 Å². The maximum absolute atomic E-state index is 12.7. The van der Waals surface area contributed by atoms with E-state index in [1.54, 1.807) is 6.07 Å². The number of Topliss-reactive ketones (excluding diaryl/α,β-unsaturated/α-hetero) is 1. The predicted molar refractivity (Wildman–Crippen MR) is 85.2 cm³/mol. The summed E-state index contributed by atoms with van der Waals surface area (Å²) in [4.78, 5) is 12.6. The van der Waals surface area contributed by atoms with Crippen molar-refractivity contribution in [2.75, 3.05) is 7.11 Å². The van der Waals surface area contributed by atoms with Gasteiger partial charge in [-0.3, -0.25) is 4.79 Å². The molecule has 2 aromatic rings. The maximum Gasteiger partial charge on any atom is 0.416 e. The molecule has 0 bridgehead atoms. The monoisotopic (exact) mass is 374 g/mol. The maximum atomic E-state index is 12.7. The number of hydrogen-bond donors (Lipinski definition) is 0. The third-order valence-electron chi connectivity index (χ3n) is 4.10. The Labute approximate surface area is 146 Å². The molecule has 126 valence electrons. The van der Waals surface area contributed by atoms with Crippen LogP contribution in [-0.2, 0) is 12.6 Å². The molecule has 0 spiro atoms. The molecule has 1 aliphatic carbocycles. The fourth-order valence-corrected chi connectivity index (χ4v) is 3.42. The molecule has 3 rings (SSSR count). The second-order valence-corrected chi connectivity index (χ2v) is 6.24. The second-order valence-electron chi connectivity index (χ2n) is 5.48. The van der Waals surface area contributed by atoms with E-state index in [1.807, 2.05) is 0 Å². The highest BCUT2D eigenvalue weighted by molar-refractivity contribution is 6.45. The quantitative estimate of drug-likeness (QED) is 0.689. The van der Waals surface area contributed by atoms with Crippen LogP contribution in [0.5, 0.6) is 5.75 Å². The fourth-order valence-electron chi connectivity index (χ4n) is 2.89. The average molecular weight is 375 g/mol. The van der Waals surface area contributed by atoms with E-state index in [9.17, 15) is 18.0 Å². The summed E-state index contributed by atoms with van der Waals surface area (Å²) in [5.74, 6) is -0.469. The van der Waals surface area contributed by atoms with E-state index in [0.29, 0.717) is 28.9 Å². The van der Waals surface area contributed by atoms with Crippen LogP contribution >= 0.6 is 23.2 Å². The largest absolute Gasteiger partial charge is 0.495 e. The van der Waals surface area contributed by atoms with Crippen molar-refractivity contribution in [2.24, 2.45) is 0 Å². The second kappa shape index (κ2) is 5.97. The van der Waals surface area contributed by atoms with Crippen LogP contribution in [0, 0.1) is 0 Å². The van der Waals surface area contributed by atoms with Gasteiger partial charge in [-0.15, -0.1) is 0 Å². The number of methoxy groups -OCH3 is 1. The van der Waals surface area contributed by atoms with Gasteiger partial charge in [-0.25, -0.2) is 0 Å². The van der Waals surface area contributed by atoms with E-state index in [2.05, 4.69) is 0 Å². The number of rotatable bonds is 2. The van der Waals surface area contributed by atoms with Crippen molar-refractivity contribution in [3.8, 4) is 5.75 Å². The van der Waals surface area contributed by atoms with Crippen LogP contribution in [0.1, 0.15) is 33.0 Å². The Hall–Kier alpha value is -1.72. The van der Waals surface area contributed by atoms with E-state index >= 15 is 0 Å². The topological polar surface area (TPSA) is 26.3 Å². The van der Waals surface area contributed by atoms with Crippen LogP contribution in [0.25, 0.3) is 0 Å². The average Bonchev–Trinajstić information content (AvgIpc) is 2.87. The van der Waals surface area contributed by atoms with Gasteiger partial charge in [-0.1, -0.05) is 35.3 Å². The zero-order valence-electron chi connectivity index (χ0n) is 12.4. The summed E-state index contributed by atoms with van der Waals surface area (Å²) in [7, 11) is 1.44. The number of ketones is 1. The van der Waals surface area contributed by atoms with Gasteiger partial charge in [-0.05, 0) is 35.7 Å². The number of fused-ring (bicyclic) bond motifs is 1. The zero-order chi connectivity index (χ0) is 17.6. The molecule has 1 atom stereocenters. The summed E-state index contributed by atoms with van der Waals surface area (Å²) < 4.78 is 43.1. The van der Waals surface area contributed by atoms with Crippen molar-refractivity contribution < 1.29 is 22.7 Å². The lowest BCUT2D eigenvalue weighted by molar-refractivity contribution is -0.137. The van der Waals surface area contributed by atoms with Crippen LogP contribution < -0.4 is 4.74 Å². The lowest BCUT2D eigenvalue weighted by atomic mass is 9.94. The van der Waals surface area contributed by atoms with E-state index in [-0.39, 0.29) is 15.8 Å². The molecule has 0 aliphatic heterocycles. The van der Waals surface area contributed by atoms with Gasteiger partial charge in [-0.2, -0.15) is 13.2 Å². The highest BCUT2D eigenvalue weighted by atomic mass is 35.5. The van der Waals surface area contributed by atoms with Gasteiger partial charge in [0.05, 0.1) is 23.6 Å². The number of hydrogen-bond acceptors (Lipinski definition) is 2. The highest BCUT2D eigenvalue weighted by Crippen LogP contribution is 2.44. The molecule has 0 saturated heterocycles.